The van der Waals surface area contributed by atoms with Crippen molar-refractivity contribution in [3.05, 3.63) is 36.8 Å². The summed E-state index contributed by atoms with van der Waals surface area (Å²) in [6.07, 6.45) is 3.96. The second-order valence-electron chi connectivity index (χ2n) is 2.18. The number of ether oxygens (including phenoxy) is 1. The summed E-state index contributed by atoms with van der Waals surface area (Å²) in [7, 11) is 0. The molecule has 0 atom stereocenters. The molecule has 3 heteroatoms. The minimum atomic E-state index is 0.000224. The molecule has 0 aromatic heterocycles. The van der Waals surface area contributed by atoms with Crippen LogP contribution in [-0.4, -0.2) is 17.0 Å². The van der Waals surface area contributed by atoms with Gasteiger partial charge in [-0.2, -0.15) is 0 Å². The maximum Gasteiger partial charge on any atom is 0.112 e. The zero-order valence-electron chi connectivity index (χ0n) is 6.92. The van der Waals surface area contributed by atoms with Crippen LogP contribution in [0.3, 0.4) is 0 Å². The standard InChI is InChI=1S/C9H13BrO2/c1-8(11)4-5-9(2)12-7-3-6-10/h4-5,11H,1-3,6-7H2/b5-4-. The van der Waals surface area contributed by atoms with Crippen molar-refractivity contribution in [1.29, 1.82) is 0 Å². The number of aliphatic hydroxyl groups is 1. The second-order valence-corrected chi connectivity index (χ2v) is 2.97. The van der Waals surface area contributed by atoms with E-state index in [0.29, 0.717) is 12.4 Å². The Morgan fingerprint density at radius 3 is 2.58 bits per heavy atom. The largest absolute Gasteiger partial charge is 0.509 e. The van der Waals surface area contributed by atoms with E-state index < -0.39 is 0 Å². The van der Waals surface area contributed by atoms with Gasteiger partial charge < -0.3 is 9.84 Å². The molecule has 12 heavy (non-hydrogen) atoms. The molecular formula is C9H13BrO2. The van der Waals surface area contributed by atoms with Gasteiger partial charge in [-0.15, -0.1) is 0 Å². The summed E-state index contributed by atoms with van der Waals surface area (Å²) in [5, 5.41) is 9.60. The van der Waals surface area contributed by atoms with E-state index in [0.717, 1.165) is 11.8 Å². The van der Waals surface area contributed by atoms with Crippen LogP contribution >= 0.6 is 15.9 Å². The van der Waals surface area contributed by atoms with Crippen LogP contribution in [0.25, 0.3) is 0 Å². The second kappa shape index (κ2) is 6.98. The first-order valence-electron chi connectivity index (χ1n) is 3.60. The summed E-state index contributed by atoms with van der Waals surface area (Å²) in [4.78, 5) is 0. The van der Waals surface area contributed by atoms with Crippen LogP contribution in [0.15, 0.2) is 36.8 Å². The zero-order valence-corrected chi connectivity index (χ0v) is 8.51. The lowest BCUT2D eigenvalue weighted by atomic mass is 10.4. The van der Waals surface area contributed by atoms with Crippen molar-refractivity contribution in [2.24, 2.45) is 0 Å². The van der Waals surface area contributed by atoms with Crippen molar-refractivity contribution < 1.29 is 9.84 Å². The van der Waals surface area contributed by atoms with Crippen LogP contribution < -0.4 is 0 Å². The van der Waals surface area contributed by atoms with E-state index in [1.807, 2.05) is 0 Å². The van der Waals surface area contributed by atoms with Gasteiger partial charge in [0.15, 0.2) is 0 Å². The third-order valence-electron chi connectivity index (χ3n) is 1.03. The molecule has 0 bridgehead atoms. The Balaban J connectivity index is 3.53. The van der Waals surface area contributed by atoms with E-state index in [1.165, 1.54) is 6.08 Å². The molecule has 0 amide bonds. The normalized spacial score (nSPS) is 10.1. The number of halogens is 1. The number of alkyl halides is 1. The maximum atomic E-state index is 8.69. The molecule has 0 saturated carbocycles. The average molecular weight is 233 g/mol. The monoisotopic (exact) mass is 232 g/mol. The van der Waals surface area contributed by atoms with E-state index in [2.05, 4.69) is 29.1 Å². The van der Waals surface area contributed by atoms with Gasteiger partial charge in [0.05, 0.1) is 6.61 Å². The zero-order chi connectivity index (χ0) is 9.40. The topological polar surface area (TPSA) is 29.5 Å². The first-order chi connectivity index (χ1) is 5.66. The summed E-state index contributed by atoms with van der Waals surface area (Å²) < 4.78 is 5.17. The lowest BCUT2D eigenvalue weighted by Crippen LogP contribution is -1.92. The van der Waals surface area contributed by atoms with Crippen LogP contribution in [0.4, 0.5) is 0 Å². The van der Waals surface area contributed by atoms with E-state index in [9.17, 15) is 0 Å². The van der Waals surface area contributed by atoms with Gasteiger partial charge in [-0.05, 0) is 18.6 Å². The molecule has 0 radical (unpaired) electrons. The average Bonchev–Trinajstić information content (AvgIpc) is 2.01. The molecule has 0 rings (SSSR count). The van der Waals surface area contributed by atoms with Crippen molar-refractivity contribution in [2.45, 2.75) is 6.42 Å². The van der Waals surface area contributed by atoms with E-state index in [-0.39, 0.29) is 5.76 Å². The number of hydrogen-bond donors (Lipinski definition) is 1. The molecule has 2 nitrogen and oxygen atoms in total. The Kier molecular flexibility index (Phi) is 6.57. The Hall–Kier alpha value is -0.700. The Morgan fingerprint density at radius 1 is 1.42 bits per heavy atom. The summed E-state index contributed by atoms with van der Waals surface area (Å²) in [5.41, 5.74) is 0. The fourth-order valence-electron chi connectivity index (χ4n) is 0.495. The first-order valence-corrected chi connectivity index (χ1v) is 4.72. The fourth-order valence-corrected chi connectivity index (χ4v) is 0.724. The van der Waals surface area contributed by atoms with Crippen molar-refractivity contribution in [3.63, 3.8) is 0 Å². The maximum absolute atomic E-state index is 8.69. The predicted molar refractivity (Wildman–Crippen MR) is 54.4 cm³/mol. The molecule has 1 N–H and O–H groups in total. The van der Waals surface area contributed by atoms with Crippen molar-refractivity contribution >= 4 is 15.9 Å². The molecule has 0 aliphatic rings. The van der Waals surface area contributed by atoms with Gasteiger partial charge in [-0.25, -0.2) is 0 Å². The summed E-state index contributed by atoms with van der Waals surface area (Å²) in [6, 6.07) is 0. The predicted octanol–water partition coefficient (Wildman–Crippen LogP) is 2.93. The molecular weight excluding hydrogens is 220 g/mol. The summed E-state index contributed by atoms with van der Waals surface area (Å²) >= 11 is 3.28. The van der Waals surface area contributed by atoms with Crippen LogP contribution in [0.1, 0.15) is 6.42 Å². The minimum absolute atomic E-state index is 0.000224. The fraction of sp³-hybridized carbons (Fsp3) is 0.333. The molecule has 0 aromatic carbocycles. The van der Waals surface area contributed by atoms with Crippen LogP contribution in [0.5, 0.6) is 0 Å². The van der Waals surface area contributed by atoms with E-state index in [1.54, 1.807) is 6.08 Å². The molecule has 0 spiro atoms. The van der Waals surface area contributed by atoms with E-state index in [4.69, 9.17) is 9.84 Å². The lowest BCUT2D eigenvalue weighted by Gasteiger charge is -2.02. The molecule has 68 valence electrons. The van der Waals surface area contributed by atoms with Crippen molar-refractivity contribution in [1.82, 2.24) is 0 Å². The lowest BCUT2D eigenvalue weighted by molar-refractivity contribution is 0.227. The highest BCUT2D eigenvalue weighted by atomic mass is 79.9. The SMILES string of the molecule is C=C(O)/C=C\C(=C)OCCCBr. The quantitative estimate of drug-likeness (QED) is 0.331. The molecule has 0 aliphatic heterocycles. The van der Waals surface area contributed by atoms with E-state index >= 15 is 0 Å². The van der Waals surface area contributed by atoms with Gasteiger partial charge in [0, 0.05) is 5.33 Å². The third-order valence-corrected chi connectivity index (χ3v) is 1.59. The number of rotatable bonds is 6. The van der Waals surface area contributed by atoms with Gasteiger partial charge in [-0.1, -0.05) is 29.1 Å². The Bertz CT molecular complexity index is 185. The van der Waals surface area contributed by atoms with Gasteiger partial charge in [0.1, 0.15) is 11.5 Å². The Labute approximate surface area is 81.4 Å². The molecule has 0 unspecified atom stereocenters. The molecule has 0 heterocycles. The first kappa shape index (κ1) is 11.3. The number of aliphatic hydroxyl groups excluding tert-OH is 1. The molecule has 0 aliphatic carbocycles. The smallest absolute Gasteiger partial charge is 0.112 e. The van der Waals surface area contributed by atoms with Crippen LogP contribution in [0.2, 0.25) is 0 Å². The summed E-state index contributed by atoms with van der Waals surface area (Å²) in [5.74, 6) is 0.534. The van der Waals surface area contributed by atoms with Crippen molar-refractivity contribution in [3.8, 4) is 0 Å². The molecule has 0 saturated heterocycles. The highest BCUT2D eigenvalue weighted by molar-refractivity contribution is 9.09. The highest BCUT2D eigenvalue weighted by Crippen LogP contribution is 1.99. The molecule has 0 fully saturated rings. The van der Waals surface area contributed by atoms with Gasteiger partial charge in [0.25, 0.3) is 0 Å². The number of allylic oxidation sites excluding steroid dienone is 2. The van der Waals surface area contributed by atoms with Crippen molar-refractivity contribution in [2.75, 3.05) is 11.9 Å². The minimum Gasteiger partial charge on any atom is -0.509 e. The van der Waals surface area contributed by atoms with Gasteiger partial charge in [-0.3, -0.25) is 0 Å². The Morgan fingerprint density at radius 2 is 2.08 bits per heavy atom. The van der Waals surface area contributed by atoms with Crippen LogP contribution in [0, 0.1) is 0 Å². The van der Waals surface area contributed by atoms with Crippen LogP contribution in [-0.2, 0) is 4.74 Å². The molecule has 0 aromatic rings. The van der Waals surface area contributed by atoms with Gasteiger partial charge >= 0.3 is 0 Å². The van der Waals surface area contributed by atoms with Gasteiger partial charge in [0.2, 0.25) is 0 Å². The number of hydrogen-bond acceptors (Lipinski definition) is 2. The highest BCUT2D eigenvalue weighted by Gasteiger charge is 1.88. The third kappa shape index (κ3) is 7.41. The summed E-state index contributed by atoms with van der Waals surface area (Å²) in [6.45, 7) is 7.54.